The van der Waals surface area contributed by atoms with Crippen molar-refractivity contribution in [3.05, 3.63) is 38.2 Å². The number of carbonyl (C=O) groups is 1. The van der Waals surface area contributed by atoms with Crippen LogP contribution in [0.3, 0.4) is 0 Å². The molecule has 1 aromatic rings. The predicted octanol–water partition coefficient (Wildman–Crippen LogP) is 0.544. The molecule has 0 radical (unpaired) electrons. The van der Waals surface area contributed by atoms with Crippen LogP contribution in [0, 0.1) is 6.92 Å². The van der Waals surface area contributed by atoms with Gasteiger partial charge in [0.25, 0.3) is 5.56 Å². The number of thioether (sulfide) groups is 2. The molecule has 1 aromatic heterocycles. The van der Waals surface area contributed by atoms with E-state index in [1.54, 1.807) is 30.4 Å². The lowest BCUT2D eigenvalue weighted by Crippen LogP contribution is -2.39. The third-order valence-corrected chi connectivity index (χ3v) is 5.21. The van der Waals surface area contributed by atoms with Gasteiger partial charge in [0.05, 0.1) is 18.2 Å². The van der Waals surface area contributed by atoms with E-state index < -0.39 is 11.2 Å². The number of hydrogen-bond acceptors (Lipinski definition) is 7. The van der Waals surface area contributed by atoms with Crippen molar-refractivity contribution in [3.8, 4) is 0 Å². The number of ether oxygens (including phenoxy) is 2. The Hall–Kier alpha value is -1.49. The zero-order valence-electron chi connectivity index (χ0n) is 14.4. The standard InChI is InChI=1S/C15H23N3O5S2/c1-10-12(14(20)18-15(21)16-10)4-5-13(19)17-11(6-23-8-22-2)7-25-9-24-3/h4-5,11H,6-9H2,1-3H3,(H,17,19)(H2,16,18,20,21)/b5-4+/t11-/m0/s1. The fourth-order valence-electron chi connectivity index (χ4n) is 1.90. The number of hydrogen-bond donors (Lipinski definition) is 3. The van der Waals surface area contributed by atoms with Crippen molar-refractivity contribution in [2.45, 2.75) is 13.0 Å². The van der Waals surface area contributed by atoms with Crippen molar-refractivity contribution in [3.63, 3.8) is 0 Å². The molecule has 1 rings (SSSR count). The minimum Gasteiger partial charge on any atom is -0.359 e. The maximum absolute atomic E-state index is 12.1. The Morgan fingerprint density at radius 3 is 2.76 bits per heavy atom. The Morgan fingerprint density at radius 2 is 2.12 bits per heavy atom. The number of aromatic nitrogens is 2. The first-order valence-corrected chi connectivity index (χ1v) is 9.98. The van der Waals surface area contributed by atoms with Crippen LogP contribution in [0.25, 0.3) is 6.08 Å². The summed E-state index contributed by atoms with van der Waals surface area (Å²) in [4.78, 5) is 39.6. The summed E-state index contributed by atoms with van der Waals surface area (Å²) in [6, 6.07) is -0.181. The Bertz CT molecular complexity index is 676. The van der Waals surface area contributed by atoms with Crippen LogP contribution >= 0.6 is 23.5 Å². The molecule has 1 heterocycles. The SMILES string of the molecule is COCOC[C@@H](CSCSC)NC(=O)/C=C/c1c(C)[nH]c(=O)[nH]c1=O. The topological polar surface area (TPSA) is 113 Å². The molecular formula is C15H23N3O5S2. The van der Waals surface area contributed by atoms with Crippen LogP contribution in [0.4, 0.5) is 0 Å². The average molecular weight is 389 g/mol. The first-order chi connectivity index (χ1) is 12.0. The normalized spacial score (nSPS) is 12.4. The van der Waals surface area contributed by atoms with Gasteiger partial charge in [-0.25, -0.2) is 4.79 Å². The summed E-state index contributed by atoms with van der Waals surface area (Å²) >= 11 is 3.40. The molecule has 0 aliphatic carbocycles. The van der Waals surface area contributed by atoms with Gasteiger partial charge in [-0.3, -0.25) is 14.6 Å². The Kier molecular flexibility index (Phi) is 10.3. The Balaban J connectivity index is 2.69. The van der Waals surface area contributed by atoms with E-state index in [9.17, 15) is 14.4 Å². The average Bonchev–Trinajstić information content (AvgIpc) is 2.54. The molecule has 0 bridgehead atoms. The molecule has 1 atom stereocenters. The van der Waals surface area contributed by atoms with E-state index in [-0.39, 0.29) is 24.3 Å². The number of rotatable bonds is 11. The highest BCUT2D eigenvalue weighted by atomic mass is 32.2. The van der Waals surface area contributed by atoms with Gasteiger partial charge in [-0.05, 0) is 19.3 Å². The maximum atomic E-state index is 12.1. The second-order valence-electron chi connectivity index (χ2n) is 5.04. The molecule has 8 nitrogen and oxygen atoms in total. The second kappa shape index (κ2) is 12.0. The molecule has 140 valence electrons. The van der Waals surface area contributed by atoms with Gasteiger partial charge >= 0.3 is 5.69 Å². The molecule has 10 heteroatoms. The third kappa shape index (κ3) is 8.43. The van der Waals surface area contributed by atoms with Gasteiger partial charge in [0, 0.05) is 29.7 Å². The van der Waals surface area contributed by atoms with Crippen LogP contribution in [-0.2, 0) is 14.3 Å². The number of nitrogens with one attached hydrogen (secondary N) is 3. The van der Waals surface area contributed by atoms with Crippen molar-refractivity contribution < 1.29 is 14.3 Å². The van der Waals surface area contributed by atoms with Crippen LogP contribution in [0.15, 0.2) is 15.7 Å². The molecule has 0 saturated heterocycles. The summed E-state index contributed by atoms with van der Waals surface area (Å²) in [5, 5.41) is 3.75. The van der Waals surface area contributed by atoms with E-state index >= 15 is 0 Å². The van der Waals surface area contributed by atoms with Gasteiger partial charge in [-0.1, -0.05) is 0 Å². The van der Waals surface area contributed by atoms with Gasteiger partial charge in [0.1, 0.15) is 6.79 Å². The minimum absolute atomic E-state index is 0.154. The lowest BCUT2D eigenvalue weighted by Gasteiger charge is -2.17. The third-order valence-electron chi connectivity index (χ3n) is 2.96. The van der Waals surface area contributed by atoms with E-state index in [4.69, 9.17) is 9.47 Å². The van der Waals surface area contributed by atoms with Crippen molar-refractivity contribution in [1.29, 1.82) is 0 Å². The highest BCUT2D eigenvalue weighted by Crippen LogP contribution is 2.10. The van der Waals surface area contributed by atoms with Crippen molar-refractivity contribution in [2.75, 3.05) is 37.6 Å². The number of aryl methyl sites for hydroxylation is 1. The highest BCUT2D eigenvalue weighted by Gasteiger charge is 2.12. The van der Waals surface area contributed by atoms with Gasteiger partial charge in [-0.2, -0.15) is 11.8 Å². The largest absolute Gasteiger partial charge is 0.359 e. The monoisotopic (exact) mass is 389 g/mol. The molecule has 1 amide bonds. The zero-order valence-corrected chi connectivity index (χ0v) is 16.1. The molecular weight excluding hydrogens is 366 g/mol. The number of carbonyl (C=O) groups excluding carboxylic acids is 1. The molecule has 0 saturated carbocycles. The van der Waals surface area contributed by atoms with Crippen LogP contribution in [0.1, 0.15) is 11.3 Å². The van der Waals surface area contributed by atoms with Crippen molar-refractivity contribution in [2.24, 2.45) is 0 Å². The fourth-order valence-corrected chi connectivity index (χ4v) is 3.41. The van der Waals surface area contributed by atoms with Gasteiger partial charge < -0.3 is 19.8 Å². The van der Waals surface area contributed by atoms with Crippen LogP contribution in [0.5, 0.6) is 0 Å². The molecule has 0 fully saturated rings. The van der Waals surface area contributed by atoms with Crippen LogP contribution < -0.4 is 16.6 Å². The molecule has 0 spiro atoms. The van der Waals surface area contributed by atoms with Crippen LogP contribution in [0.2, 0.25) is 0 Å². The van der Waals surface area contributed by atoms with E-state index in [1.807, 2.05) is 6.26 Å². The van der Waals surface area contributed by atoms with Gasteiger partial charge in [0.15, 0.2) is 0 Å². The number of amides is 1. The summed E-state index contributed by atoms with van der Waals surface area (Å²) in [5.41, 5.74) is -0.488. The molecule has 0 aliphatic rings. The molecule has 3 N–H and O–H groups in total. The Morgan fingerprint density at radius 1 is 1.36 bits per heavy atom. The van der Waals surface area contributed by atoms with Crippen molar-refractivity contribution >= 4 is 35.5 Å². The lowest BCUT2D eigenvalue weighted by atomic mass is 10.2. The quantitative estimate of drug-likeness (QED) is 0.288. The first-order valence-electron chi connectivity index (χ1n) is 7.43. The highest BCUT2D eigenvalue weighted by molar-refractivity contribution is 8.15. The van der Waals surface area contributed by atoms with Crippen LogP contribution in [-0.4, -0.2) is 59.5 Å². The smallest absolute Gasteiger partial charge is 0.325 e. The number of H-pyrrole nitrogens is 2. The van der Waals surface area contributed by atoms with E-state index in [2.05, 4.69) is 15.3 Å². The lowest BCUT2D eigenvalue weighted by molar-refractivity contribution is -0.117. The maximum Gasteiger partial charge on any atom is 0.325 e. The van der Waals surface area contributed by atoms with E-state index in [0.29, 0.717) is 18.1 Å². The zero-order chi connectivity index (χ0) is 18.7. The molecule has 0 aromatic carbocycles. The van der Waals surface area contributed by atoms with E-state index in [1.165, 1.54) is 19.3 Å². The fraction of sp³-hybridized carbons (Fsp3) is 0.533. The first kappa shape index (κ1) is 21.6. The predicted molar refractivity (Wildman–Crippen MR) is 102 cm³/mol. The Labute approximate surface area is 154 Å². The second-order valence-corrected chi connectivity index (χ2v) is 7.30. The van der Waals surface area contributed by atoms with E-state index in [0.717, 1.165) is 5.08 Å². The summed E-state index contributed by atoms with van der Waals surface area (Å²) in [7, 11) is 1.53. The molecule has 0 unspecified atom stereocenters. The number of aromatic amines is 2. The van der Waals surface area contributed by atoms with Gasteiger partial charge in [-0.15, -0.1) is 11.8 Å². The minimum atomic E-state index is -0.578. The summed E-state index contributed by atoms with van der Waals surface area (Å²) in [6.07, 6.45) is 4.65. The van der Waals surface area contributed by atoms with Gasteiger partial charge in [0.2, 0.25) is 5.91 Å². The number of methoxy groups -OCH3 is 1. The molecule has 0 aliphatic heterocycles. The van der Waals surface area contributed by atoms with Crippen molar-refractivity contribution in [1.82, 2.24) is 15.3 Å². The summed E-state index contributed by atoms with van der Waals surface area (Å²) < 4.78 is 10.2. The summed E-state index contributed by atoms with van der Waals surface area (Å²) in [5.74, 6) is 0.350. The summed E-state index contributed by atoms with van der Waals surface area (Å²) in [6.45, 7) is 2.07. The molecule has 25 heavy (non-hydrogen) atoms.